The summed E-state index contributed by atoms with van der Waals surface area (Å²) >= 11 is 5.82. The molecule has 0 saturated heterocycles. The average Bonchev–Trinajstić information content (AvgIpc) is 2.81. The van der Waals surface area contributed by atoms with Crippen LogP contribution in [0.3, 0.4) is 0 Å². The fraction of sp³-hybridized carbons (Fsp3) is 0.130. The number of benzene rings is 3. The lowest BCUT2D eigenvalue weighted by Crippen LogP contribution is -2.41. The number of amides is 2. The van der Waals surface area contributed by atoms with E-state index >= 15 is 0 Å². The van der Waals surface area contributed by atoms with Gasteiger partial charge in [-0.1, -0.05) is 41.9 Å². The second kappa shape index (κ2) is 10.4. The average molecular weight is 441 g/mol. The Labute approximate surface area is 184 Å². The highest BCUT2D eigenvalue weighted by Crippen LogP contribution is 2.39. The fourth-order valence-corrected chi connectivity index (χ4v) is 2.87. The van der Waals surface area contributed by atoms with Gasteiger partial charge in [-0.3, -0.25) is 20.4 Å². The molecule has 160 valence electrons. The van der Waals surface area contributed by atoms with Gasteiger partial charge in [0.1, 0.15) is 6.61 Å². The van der Waals surface area contributed by atoms with Gasteiger partial charge in [0.2, 0.25) is 5.75 Å². The predicted octanol–water partition coefficient (Wildman–Crippen LogP) is 4.01. The minimum Gasteiger partial charge on any atom is -0.493 e. The van der Waals surface area contributed by atoms with Crippen LogP contribution in [0, 0.1) is 0 Å². The van der Waals surface area contributed by atoms with Crippen LogP contribution in [0.2, 0.25) is 5.02 Å². The van der Waals surface area contributed by atoms with Crippen LogP contribution in [0.25, 0.3) is 0 Å². The molecule has 7 nitrogen and oxygen atoms in total. The van der Waals surface area contributed by atoms with Crippen LogP contribution < -0.4 is 25.1 Å². The number of carbonyl (C=O) groups is 2. The number of carbonyl (C=O) groups excluding carboxylic acids is 2. The highest BCUT2D eigenvalue weighted by atomic mass is 35.5. The van der Waals surface area contributed by atoms with Crippen molar-refractivity contribution in [2.45, 2.75) is 6.61 Å². The standard InChI is InChI=1S/C23H21ClN2O5/c1-29-19-12-17(23(28)26-25-22(27)16-8-10-18(24)11-9-16)13-20(30-2)21(19)31-14-15-6-4-3-5-7-15/h3-13H,14H2,1-2H3,(H,25,27)(H,26,28). The first-order valence-electron chi connectivity index (χ1n) is 9.31. The number of hydrogen-bond donors (Lipinski definition) is 2. The summed E-state index contributed by atoms with van der Waals surface area (Å²) in [6.07, 6.45) is 0. The van der Waals surface area contributed by atoms with E-state index in [-0.39, 0.29) is 5.56 Å². The molecule has 0 aliphatic heterocycles. The Morgan fingerprint density at radius 1 is 0.806 bits per heavy atom. The zero-order valence-corrected chi connectivity index (χ0v) is 17.7. The quantitative estimate of drug-likeness (QED) is 0.542. The van der Waals surface area contributed by atoms with E-state index in [9.17, 15) is 9.59 Å². The van der Waals surface area contributed by atoms with Crippen molar-refractivity contribution >= 4 is 23.4 Å². The van der Waals surface area contributed by atoms with E-state index in [0.717, 1.165) is 5.56 Å². The maximum atomic E-state index is 12.6. The van der Waals surface area contributed by atoms with E-state index in [1.165, 1.54) is 26.4 Å². The largest absolute Gasteiger partial charge is 0.493 e. The van der Waals surface area contributed by atoms with Gasteiger partial charge in [0, 0.05) is 16.1 Å². The molecule has 3 rings (SSSR count). The van der Waals surface area contributed by atoms with Crippen molar-refractivity contribution < 1.29 is 23.8 Å². The smallest absolute Gasteiger partial charge is 0.269 e. The fourth-order valence-electron chi connectivity index (χ4n) is 2.74. The third-order valence-electron chi connectivity index (χ3n) is 4.34. The van der Waals surface area contributed by atoms with Crippen LogP contribution in [-0.2, 0) is 6.61 Å². The monoisotopic (exact) mass is 440 g/mol. The number of halogens is 1. The molecule has 0 unspecified atom stereocenters. The maximum absolute atomic E-state index is 12.6. The van der Waals surface area contributed by atoms with E-state index in [0.29, 0.717) is 34.4 Å². The molecule has 0 saturated carbocycles. The minimum atomic E-state index is -0.548. The van der Waals surface area contributed by atoms with Crippen LogP contribution in [0.15, 0.2) is 66.7 Å². The first kappa shape index (κ1) is 22.0. The van der Waals surface area contributed by atoms with Gasteiger partial charge in [-0.15, -0.1) is 0 Å². The zero-order chi connectivity index (χ0) is 22.2. The molecule has 0 heterocycles. The van der Waals surface area contributed by atoms with E-state index < -0.39 is 11.8 Å². The number of rotatable bonds is 7. The Kier molecular flexibility index (Phi) is 7.35. The molecular formula is C23H21ClN2O5. The lowest BCUT2D eigenvalue weighted by molar-refractivity contribution is 0.0846. The molecule has 8 heteroatoms. The Morgan fingerprint density at radius 3 is 1.90 bits per heavy atom. The molecule has 2 amide bonds. The van der Waals surface area contributed by atoms with Crippen LogP contribution in [0.5, 0.6) is 17.2 Å². The topological polar surface area (TPSA) is 85.9 Å². The number of ether oxygens (including phenoxy) is 3. The SMILES string of the molecule is COc1cc(C(=O)NNC(=O)c2ccc(Cl)cc2)cc(OC)c1OCc1ccccc1. The van der Waals surface area contributed by atoms with Gasteiger partial charge in [0.15, 0.2) is 11.5 Å². The molecule has 0 aliphatic rings. The summed E-state index contributed by atoms with van der Waals surface area (Å²) in [5.41, 5.74) is 6.27. The van der Waals surface area contributed by atoms with Crippen molar-refractivity contribution in [1.82, 2.24) is 10.9 Å². The summed E-state index contributed by atoms with van der Waals surface area (Å²) in [5, 5.41) is 0.509. The molecule has 0 atom stereocenters. The van der Waals surface area contributed by atoms with Crippen molar-refractivity contribution in [2.75, 3.05) is 14.2 Å². The van der Waals surface area contributed by atoms with E-state index in [4.69, 9.17) is 25.8 Å². The van der Waals surface area contributed by atoms with Crippen LogP contribution in [0.4, 0.5) is 0 Å². The molecule has 0 aromatic heterocycles. The van der Waals surface area contributed by atoms with Crippen molar-refractivity contribution in [2.24, 2.45) is 0 Å². The third kappa shape index (κ3) is 5.67. The molecule has 0 aliphatic carbocycles. The molecular weight excluding hydrogens is 420 g/mol. The van der Waals surface area contributed by atoms with Crippen molar-refractivity contribution in [3.8, 4) is 17.2 Å². The van der Waals surface area contributed by atoms with E-state index in [1.54, 1.807) is 24.3 Å². The minimum absolute atomic E-state index is 0.220. The van der Waals surface area contributed by atoms with Crippen LogP contribution >= 0.6 is 11.6 Å². The summed E-state index contributed by atoms with van der Waals surface area (Å²) in [7, 11) is 2.93. The van der Waals surface area contributed by atoms with Gasteiger partial charge in [-0.25, -0.2) is 0 Å². The van der Waals surface area contributed by atoms with Crippen molar-refractivity contribution in [3.63, 3.8) is 0 Å². The molecule has 3 aromatic carbocycles. The number of hydrazine groups is 1. The van der Waals surface area contributed by atoms with E-state index in [2.05, 4.69) is 10.9 Å². The lowest BCUT2D eigenvalue weighted by Gasteiger charge is -2.16. The summed E-state index contributed by atoms with van der Waals surface area (Å²) < 4.78 is 16.7. The summed E-state index contributed by atoms with van der Waals surface area (Å²) in [5.74, 6) is -0.00944. The predicted molar refractivity (Wildman–Crippen MR) is 117 cm³/mol. The number of nitrogens with one attached hydrogen (secondary N) is 2. The van der Waals surface area contributed by atoms with Gasteiger partial charge in [-0.2, -0.15) is 0 Å². The first-order chi connectivity index (χ1) is 15.0. The maximum Gasteiger partial charge on any atom is 0.269 e. The van der Waals surface area contributed by atoms with Gasteiger partial charge < -0.3 is 14.2 Å². The lowest BCUT2D eigenvalue weighted by atomic mass is 10.1. The van der Waals surface area contributed by atoms with Crippen LogP contribution in [0.1, 0.15) is 26.3 Å². The van der Waals surface area contributed by atoms with Gasteiger partial charge in [0.25, 0.3) is 11.8 Å². The second-order valence-corrected chi connectivity index (χ2v) is 6.84. The van der Waals surface area contributed by atoms with Crippen LogP contribution in [-0.4, -0.2) is 26.0 Å². The molecule has 0 spiro atoms. The summed E-state index contributed by atoms with van der Waals surface area (Å²) in [6, 6.07) is 18.9. The Hall–Kier alpha value is -3.71. The number of methoxy groups -OCH3 is 2. The molecule has 0 radical (unpaired) electrons. The molecule has 3 aromatic rings. The zero-order valence-electron chi connectivity index (χ0n) is 17.0. The Balaban J connectivity index is 1.72. The van der Waals surface area contributed by atoms with Gasteiger partial charge in [0.05, 0.1) is 14.2 Å². The van der Waals surface area contributed by atoms with Gasteiger partial charge in [-0.05, 0) is 42.0 Å². The van der Waals surface area contributed by atoms with E-state index in [1.807, 2.05) is 30.3 Å². The van der Waals surface area contributed by atoms with Gasteiger partial charge >= 0.3 is 0 Å². The Morgan fingerprint density at radius 2 is 1.35 bits per heavy atom. The molecule has 31 heavy (non-hydrogen) atoms. The second-order valence-electron chi connectivity index (χ2n) is 6.40. The molecule has 0 fully saturated rings. The van der Waals surface area contributed by atoms with Crippen molar-refractivity contribution in [1.29, 1.82) is 0 Å². The first-order valence-corrected chi connectivity index (χ1v) is 9.68. The highest BCUT2D eigenvalue weighted by Gasteiger charge is 2.18. The molecule has 0 bridgehead atoms. The van der Waals surface area contributed by atoms with Crippen molar-refractivity contribution in [3.05, 3.63) is 88.4 Å². The summed E-state index contributed by atoms with van der Waals surface area (Å²) in [4.78, 5) is 24.7. The third-order valence-corrected chi connectivity index (χ3v) is 4.60. The number of hydrogen-bond acceptors (Lipinski definition) is 5. The normalized spacial score (nSPS) is 10.2. The Bertz CT molecular complexity index is 1030. The molecule has 2 N–H and O–H groups in total. The highest BCUT2D eigenvalue weighted by molar-refractivity contribution is 6.30. The summed E-state index contributed by atoms with van der Waals surface area (Å²) in [6.45, 7) is 0.302.